The molecule has 3 rings (SSSR count). The SMILES string of the molecule is COc1ccsc1C(=O)C1CCOC2(CCC2)C1. The number of ether oxygens (including phenoxy) is 2. The molecule has 1 aromatic rings. The van der Waals surface area contributed by atoms with Gasteiger partial charge in [0.2, 0.25) is 0 Å². The van der Waals surface area contributed by atoms with Gasteiger partial charge in [0.1, 0.15) is 10.6 Å². The molecule has 1 spiro atoms. The van der Waals surface area contributed by atoms with E-state index < -0.39 is 0 Å². The van der Waals surface area contributed by atoms with Gasteiger partial charge >= 0.3 is 0 Å². The fourth-order valence-electron chi connectivity index (χ4n) is 2.99. The average molecular weight is 266 g/mol. The lowest BCUT2D eigenvalue weighted by Gasteiger charge is -2.46. The first-order valence-electron chi connectivity index (χ1n) is 6.54. The van der Waals surface area contributed by atoms with E-state index in [0.29, 0.717) is 0 Å². The fourth-order valence-corrected chi connectivity index (χ4v) is 3.87. The molecule has 1 aliphatic carbocycles. The van der Waals surface area contributed by atoms with E-state index >= 15 is 0 Å². The van der Waals surface area contributed by atoms with Gasteiger partial charge in [-0.05, 0) is 43.6 Å². The van der Waals surface area contributed by atoms with Crippen LogP contribution in [0.15, 0.2) is 11.4 Å². The number of thiophene rings is 1. The molecule has 3 nitrogen and oxygen atoms in total. The molecule has 98 valence electrons. The van der Waals surface area contributed by atoms with Gasteiger partial charge in [-0.3, -0.25) is 4.79 Å². The zero-order valence-corrected chi connectivity index (χ0v) is 11.4. The lowest BCUT2D eigenvalue weighted by molar-refractivity contribution is -0.137. The van der Waals surface area contributed by atoms with Crippen LogP contribution in [-0.4, -0.2) is 25.1 Å². The van der Waals surface area contributed by atoms with E-state index in [2.05, 4.69) is 0 Å². The van der Waals surface area contributed by atoms with Crippen LogP contribution in [0.5, 0.6) is 5.75 Å². The highest BCUT2D eigenvalue weighted by Gasteiger charge is 2.44. The summed E-state index contributed by atoms with van der Waals surface area (Å²) in [5.41, 5.74) is 0.0308. The van der Waals surface area contributed by atoms with Gasteiger partial charge in [-0.15, -0.1) is 11.3 Å². The van der Waals surface area contributed by atoms with Crippen molar-refractivity contribution in [3.05, 3.63) is 16.3 Å². The zero-order valence-electron chi connectivity index (χ0n) is 10.6. The van der Waals surface area contributed by atoms with Gasteiger partial charge in [-0.1, -0.05) is 0 Å². The number of ketones is 1. The van der Waals surface area contributed by atoms with Crippen molar-refractivity contribution in [2.75, 3.05) is 13.7 Å². The van der Waals surface area contributed by atoms with E-state index in [1.807, 2.05) is 11.4 Å². The minimum absolute atomic E-state index is 0.0308. The van der Waals surface area contributed by atoms with Gasteiger partial charge in [0.15, 0.2) is 5.78 Å². The standard InChI is InChI=1S/C14H18O3S/c1-16-11-4-8-18-13(11)12(15)10-3-7-17-14(9-10)5-2-6-14/h4,8,10H,2-3,5-7,9H2,1H3. The molecule has 2 heterocycles. The highest BCUT2D eigenvalue weighted by molar-refractivity contribution is 7.12. The highest BCUT2D eigenvalue weighted by Crippen LogP contribution is 2.45. The molecule has 1 aromatic heterocycles. The molecule has 1 aliphatic heterocycles. The Hall–Kier alpha value is -0.870. The van der Waals surface area contributed by atoms with Crippen LogP contribution in [0.25, 0.3) is 0 Å². The van der Waals surface area contributed by atoms with Crippen molar-refractivity contribution in [2.24, 2.45) is 5.92 Å². The zero-order chi connectivity index (χ0) is 12.6. The largest absolute Gasteiger partial charge is 0.495 e. The summed E-state index contributed by atoms with van der Waals surface area (Å²) in [5, 5.41) is 1.92. The monoisotopic (exact) mass is 266 g/mol. The Labute approximate surface area is 111 Å². The Bertz CT molecular complexity index is 448. The number of hydrogen-bond donors (Lipinski definition) is 0. The normalized spacial score (nSPS) is 25.7. The van der Waals surface area contributed by atoms with Gasteiger partial charge < -0.3 is 9.47 Å². The molecule has 1 saturated heterocycles. The van der Waals surface area contributed by atoms with Crippen molar-refractivity contribution < 1.29 is 14.3 Å². The molecule has 0 amide bonds. The number of carbonyl (C=O) groups excluding carboxylic acids is 1. The third-order valence-electron chi connectivity index (χ3n) is 4.20. The quantitative estimate of drug-likeness (QED) is 0.788. The van der Waals surface area contributed by atoms with E-state index in [1.54, 1.807) is 7.11 Å². The number of methoxy groups -OCH3 is 1. The summed E-state index contributed by atoms with van der Waals surface area (Å²) in [6, 6.07) is 1.87. The van der Waals surface area contributed by atoms with Crippen molar-refractivity contribution in [1.29, 1.82) is 0 Å². The molecule has 2 fully saturated rings. The molecule has 4 heteroatoms. The van der Waals surface area contributed by atoms with Gasteiger partial charge in [0.05, 0.1) is 12.7 Å². The van der Waals surface area contributed by atoms with Crippen LogP contribution < -0.4 is 4.74 Å². The summed E-state index contributed by atoms with van der Waals surface area (Å²) in [6.45, 7) is 0.726. The molecule has 0 aromatic carbocycles. The number of carbonyl (C=O) groups is 1. The van der Waals surface area contributed by atoms with Gasteiger partial charge in [0.25, 0.3) is 0 Å². The molecule has 18 heavy (non-hydrogen) atoms. The summed E-state index contributed by atoms with van der Waals surface area (Å²) in [6.07, 6.45) is 5.23. The van der Waals surface area contributed by atoms with Crippen LogP contribution in [0, 0.1) is 5.92 Å². The van der Waals surface area contributed by atoms with Crippen molar-refractivity contribution >= 4 is 17.1 Å². The minimum Gasteiger partial charge on any atom is -0.495 e. The second kappa shape index (κ2) is 4.67. The maximum atomic E-state index is 12.5. The summed E-state index contributed by atoms with van der Waals surface area (Å²) in [4.78, 5) is 13.3. The predicted molar refractivity (Wildman–Crippen MR) is 70.5 cm³/mol. The third-order valence-corrected chi connectivity index (χ3v) is 5.11. The van der Waals surface area contributed by atoms with Gasteiger partial charge in [0, 0.05) is 12.5 Å². The minimum atomic E-state index is 0.0308. The molecular formula is C14H18O3S. The molecule has 1 atom stereocenters. The molecule has 2 aliphatic rings. The molecule has 0 bridgehead atoms. The van der Waals surface area contributed by atoms with Gasteiger partial charge in [-0.25, -0.2) is 0 Å². The van der Waals surface area contributed by atoms with E-state index in [4.69, 9.17) is 9.47 Å². The highest BCUT2D eigenvalue weighted by atomic mass is 32.1. The molecule has 1 saturated carbocycles. The molecule has 0 radical (unpaired) electrons. The van der Waals surface area contributed by atoms with Crippen LogP contribution in [0.2, 0.25) is 0 Å². The summed E-state index contributed by atoms with van der Waals surface area (Å²) in [5.74, 6) is 1.09. The third kappa shape index (κ3) is 1.97. The lowest BCUT2D eigenvalue weighted by atomic mass is 9.71. The van der Waals surface area contributed by atoms with E-state index in [-0.39, 0.29) is 17.3 Å². The lowest BCUT2D eigenvalue weighted by Crippen LogP contribution is -2.47. The maximum Gasteiger partial charge on any atom is 0.179 e. The Balaban J connectivity index is 1.76. The Morgan fingerprint density at radius 2 is 2.39 bits per heavy atom. The van der Waals surface area contributed by atoms with Crippen molar-refractivity contribution in [2.45, 2.75) is 37.7 Å². The summed E-state index contributed by atoms with van der Waals surface area (Å²) in [7, 11) is 1.62. The summed E-state index contributed by atoms with van der Waals surface area (Å²) >= 11 is 1.49. The van der Waals surface area contributed by atoms with Crippen molar-refractivity contribution in [3.8, 4) is 5.75 Å². The first kappa shape index (κ1) is 12.2. The number of Topliss-reactive ketones (excluding diaryl/α,β-unsaturated/α-hetero) is 1. The Kier molecular flexibility index (Phi) is 3.16. The molecule has 1 unspecified atom stereocenters. The van der Waals surface area contributed by atoms with E-state index in [9.17, 15) is 4.79 Å². The Morgan fingerprint density at radius 1 is 1.56 bits per heavy atom. The van der Waals surface area contributed by atoms with Crippen molar-refractivity contribution in [1.82, 2.24) is 0 Å². The van der Waals surface area contributed by atoms with Crippen LogP contribution in [0.4, 0.5) is 0 Å². The smallest absolute Gasteiger partial charge is 0.179 e. The second-order valence-corrected chi connectivity index (χ2v) is 6.17. The van der Waals surface area contributed by atoms with Gasteiger partial charge in [-0.2, -0.15) is 0 Å². The first-order valence-corrected chi connectivity index (χ1v) is 7.42. The van der Waals surface area contributed by atoms with Crippen molar-refractivity contribution in [3.63, 3.8) is 0 Å². The first-order chi connectivity index (χ1) is 8.74. The van der Waals surface area contributed by atoms with E-state index in [1.165, 1.54) is 17.8 Å². The summed E-state index contributed by atoms with van der Waals surface area (Å²) < 4.78 is 11.1. The van der Waals surface area contributed by atoms with Crippen LogP contribution in [0.1, 0.15) is 41.8 Å². The maximum absolute atomic E-state index is 12.5. The fraction of sp³-hybridized carbons (Fsp3) is 0.643. The Morgan fingerprint density at radius 3 is 3.06 bits per heavy atom. The second-order valence-electron chi connectivity index (χ2n) is 5.26. The topological polar surface area (TPSA) is 35.5 Å². The number of hydrogen-bond acceptors (Lipinski definition) is 4. The number of rotatable bonds is 3. The van der Waals surface area contributed by atoms with E-state index in [0.717, 1.165) is 42.9 Å². The van der Waals surface area contributed by atoms with Crippen LogP contribution in [0.3, 0.4) is 0 Å². The van der Waals surface area contributed by atoms with Crippen LogP contribution >= 0.6 is 11.3 Å². The van der Waals surface area contributed by atoms with Crippen LogP contribution in [-0.2, 0) is 4.74 Å². The predicted octanol–water partition coefficient (Wildman–Crippen LogP) is 3.29. The molecule has 0 N–H and O–H groups in total. The molecular weight excluding hydrogens is 248 g/mol. The average Bonchev–Trinajstić information content (AvgIpc) is 2.84.